The summed E-state index contributed by atoms with van der Waals surface area (Å²) in [6, 6.07) is 0. The van der Waals surface area contributed by atoms with E-state index in [2.05, 4.69) is 0 Å². The van der Waals surface area contributed by atoms with Gasteiger partial charge in [0, 0.05) is 27.2 Å². The number of ether oxygens (including phenoxy) is 2. The molecule has 0 aromatic rings. The van der Waals surface area contributed by atoms with Gasteiger partial charge in [-0.1, -0.05) is 13.8 Å². The first kappa shape index (κ1) is 12.9. The lowest BCUT2D eigenvalue weighted by Crippen LogP contribution is -2.37. The van der Waals surface area contributed by atoms with E-state index in [1.165, 1.54) is 13.8 Å². The van der Waals surface area contributed by atoms with Crippen LogP contribution in [0.2, 0.25) is 0 Å². The molecule has 14 heavy (non-hydrogen) atoms. The van der Waals surface area contributed by atoms with E-state index in [-0.39, 0.29) is 5.92 Å². The third kappa shape index (κ3) is 5.56. The predicted octanol–water partition coefficient (Wildman–Crippen LogP) is 1.87. The zero-order valence-electron chi connectivity index (χ0n) is 9.42. The van der Waals surface area contributed by atoms with Gasteiger partial charge in [-0.15, -0.1) is 0 Å². The molecular weight excluding hydrogens is 184 g/mol. The second-order valence-electron chi connectivity index (χ2n) is 3.92. The third-order valence-electron chi connectivity index (χ3n) is 1.50. The maximum atomic E-state index is 10.8. The first-order valence-electron chi connectivity index (χ1n) is 4.64. The minimum Gasteiger partial charge on any atom is -0.423 e. The smallest absolute Gasteiger partial charge is 0.305 e. The molecule has 0 unspecified atom stereocenters. The van der Waals surface area contributed by atoms with Crippen LogP contribution in [0.25, 0.3) is 0 Å². The summed E-state index contributed by atoms with van der Waals surface area (Å²) in [5, 5.41) is 0. The summed E-state index contributed by atoms with van der Waals surface area (Å²) >= 11 is 0. The van der Waals surface area contributed by atoms with Crippen molar-refractivity contribution in [3.8, 4) is 0 Å². The van der Waals surface area contributed by atoms with Crippen LogP contribution in [-0.2, 0) is 19.1 Å². The van der Waals surface area contributed by atoms with Gasteiger partial charge in [-0.2, -0.15) is 0 Å². The number of hydrogen-bond donors (Lipinski definition) is 0. The highest BCUT2D eigenvalue weighted by Gasteiger charge is 2.31. The van der Waals surface area contributed by atoms with E-state index in [1.807, 2.05) is 13.8 Å². The molecular formula is C10H18O4. The minimum atomic E-state index is -1.13. The van der Waals surface area contributed by atoms with Gasteiger partial charge in [-0.05, 0) is 5.92 Å². The van der Waals surface area contributed by atoms with Gasteiger partial charge in [0.25, 0.3) is 5.79 Å². The van der Waals surface area contributed by atoms with Gasteiger partial charge in [0.2, 0.25) is 0 Å². The van der Waals surface area contributed by atoms with Gasteiger partial charge < -0.3 is 9.47 Å². The zero-order chi connectivity index (χ0) is 11.4. The highest BCUT2D eigenvalue weighted by Crippen LogP contribution is 2.22. The van der Waals surface area contributed by atoms with Crippen LogP contribution in [0.1, 0.15) is 41.0 Å². The second kappa shape index (κ2) is 4.98. The summed E-state index contributed by atoms with van der Waals surface area (Å²) in [6.07, 6.45) is 0.492. The number of hydrogen-bond acceptors (Lipinski definition) is 4. The molecule has 0 fully saturated rings. The van der Waals surface area contributed by atoms with Crippen molar-refractivity contribution in [3.63, 3.8) is 0 Å². The molecule has 0 saturated heterocycles. The Kier molecular flexibility index (Phi) is 4.60. The number of esters is 2. The van der Waals surface area contributed by atoms with Gasteiger partial charge in [-0.3, -0.25) is 9.59 Å². The fourth-order valence-electron chi connectivity index (χ4n) is 1.45. The average molecular weight is 202 g/mol. The molecule has 0 aromatic carbocycles. The molecule has 0 atom stereocenters. The average Bonchev–Trinajstić information content (AvgIpc) is 1.76. The molecule has 82 valence electrons. The maximum Gasteiger partial charge on any atom is 0.305 e. The molecule has 0 aliphatic rings. The van der Waals surface area contributed by atoms with E-state index < -0.39 is 17.7 Å². The maximum absolute atomic E-state index is 10.8. The molecule has 0 rings (SSSR count). The Morgan fingerprint density at radius 1 is 1.14 bits per heavy atom. The van der Waals surface area contributed by atoms with Gasteiger partial charge in [0.05, 0.1) is 0 Å². The van der Waals surface area contributed by atoms with Crippen LogP contribution < -0.4 is 0 Å². The zero-order valence-corrected chi connectivity index (χ0v) is 9.42. The quantitative estimate of drug-likeness (QED) is 0.516. The normalized spacial score (nSPS) is 11.3. The summed E-state index contributed by atoms with van der Waals surface area (Å²) in [7, 11) is 0. The molecule has 0 amide bonds. The second-order valence-corrected chi connectivity index (χ2v) is 3.92. The van der Waals surface area contributed by atoms with Crippen molar-refractivity contribution in [3.05, 3.63) is 0 Å². The van der Waals surface area contributed by atoms with Crippen LogP contribution in [0, 0.1) is 5.92 Å². The lowest BCUT2D eigenvalue weighted by Gasteiger charge is -2.29. The predicted molar refractivity (Wildman–Crippen MR) is 51.4 cm³/mol. The van der Waals surface area contributed by atoms with Crippen molar-refractivity contribution >= 4 is 11.9 Å². The highest BCUT2D eigenvalue weighted by atomic mass is 16.7. The van der Waals surface area contributed by atoms with Gasteiger partial charge in [0.15, 0.2) is 0 Å². The van der Waals surface area contributed by atoms with Gasteiger partial charge in [-0.25, -0.2) is 0 Å². The monoisotopic (exact) mass is 202 g/mol. The Morgan fingerprint density at radius 2 is 1.50 bits per heavy atom. The summed E-state index contributed by atoms with van der Waals surface area (Å²) in [5.74, 6) is -1.76. The first-order valence-corrected chi connectivity index (χ1v) is 4.64. The molecule has 0 saturated carbocycles. The summed E-state index contributed by atoms with van der Waals surface area (Å²) in [4.78, 5) is 21.6. The Bertz CT molecular complexity index is 204. The largest absolute Gasteiger partial charge is 0.423 e. The molecule has 0 radical (unpaired) electrons. The SMILES string of the molecule is CC(=O)OC(C)(CC(C)C)OC(C)=O. The van der Waals surface area contributed by atoms with Crippen LogP contribution in [0.4, 0.5) is 0 Å². The van der Waals surface area contributed by atoms with Crippen LogP contribution in [-0.4, -0.2) is 17.7 Å². The fraction of sp³-hybridized carbons (Fsp3) is 0.800. The standard InChI is InChI=1S/C10H18O4/c1-7(2)6-10(5,13-8(3)11)14-9(4)12/h7H,6H2,1-5H3. The topological polar surface area (TPSA) is 52.6 Å². The molecule has 0 spiro atoms. The van der Waals surface area contributed by atoms with Crippen molar-refractivity contribution in [2.24, 2.45) is 5.92 Å². The van der Waals surface area contributed by atoms with Crippen molar-refractivity contribution in [2.45, 2.75) is 46.8 Å². The van der Waals surface area contributed by atoms with Crippen molar-refractivity contribution in [1.82, 2.24) is 0 Å². The van der Waals surface area contributed by atoms with Crippen molar-refractivity contribution in [1.29, 1.82) is 0 Å². The molecule has 0 bridgehead atoms. The molecule has 4 heteroatoms. The minimum absolute atomic E-state index is 0.277. The Labute approximate surface area is 84.6 Å². The molecule has 0 aliphatic carbocycles. The molecule has 0 aromatic heterocycles. The molecule has 0 N–H and O–H groups in total. The number of carbonyl (C=O) groups is 2. The Balaban J connectivity index is 4.48. The van der Waals surface area contributed by atoms with Crippen molar-refractivity contribution < 1.29 is 19.1 Å². The lowest BCUT2D eigenvalue weighted by atomic mass is 10.0. The van der Waals surface area contributed by atoms with E-state index in [0.29, 0.717) is 6.42 Å². The summed E-state index contributed by atoms with van der Waals surface area (Å²) < 4.78 is 9.96. The van der Waals surface area contributed by atoms with Gasteiger partial charge in [0.1, 0.15) is 0 Å². The van der Waals surface area contributed by atoms with Crippen LogP contribution in [0.3, 0.4) is 0 Å². The first-order chi connectivity index (χ1) is 6.25. The molecule has 0 heterocycles. The Morgan fingerprint density at radius 3 is 1.71 bits per heavy atom. The summed E-state index contributed by atoms with van der Waals surface area (Å²) in [5.41, 5.74) is 0. The van der Waals surface area contributed by atoms with Crippen molar-refractivity contribution in [2.75, 3.05) is 0 Å². The van der Waals surface area contributed by atoms with E-state index in [4.69, 9.17) is 9.47 Å². The van der Waals surface area contributed by atoms with E-state index in [1.54, 1.807) is 6.92 Å². The summed E-state index contributed by atoms with van der Waals surface area (Å²) in [6.45, 7) is 8.11. The van der Waals surface area contributed by atoms with Gasteiger partial charge >= 0.3 is 11.9 Å². The van der Waals surface area contributed by atoms with Crippen LogP contribution in [0.5, 0.6) is 0 Å². The fourth-order valence-corrected chi connectivity index (χ4v) is 1.45. The molecule has 4 nitrogen and oxygen atoms in total. The van der Waals surface area contributed by atoms with Crippen LogP contribution >= 0.6 is 0 Å². The van der Waals surface area contributed by atoms with Crippen LogP contribution in [0.15, 0.2) is 0 Å². The lowest BCUT2D eigenvalue weighted by molar-refractivity contribution is -0.224. The molecule has 0 aliphatic heterocycles. The van der Waals surface area contributed by atoms with E-state index in [0.717, 1.165) is 0 Å². The highest BCUT2D eigenvalue weighted by molar-refractivity contribution is 5.68. The Hall–Kier alpha value is -1.06. The third-order valence-corrected chi connectivity index (χ3v) is 1.50. The van der Waals surface area contributed by atoms with E-state index in [9.17, 15) is 9.59 Å². The van der Waals surface area contributed by atoms with E-state index >= 15 is 0 Å². The number of rotatable bonds is 4. The number of carbonyl (C=O) groups excluding carboxylic acids is 2.